The van der Waals surface area contributed by atoms with Crippen molar-refractivity contribution in [1.82, 2.24) is 0 Å². The maximum absolute atomic E-state index is 12.4. The number of amides is 1. The molecule has 0 aliphatic carbocycles. The van der Waals surface area contributed by atoms with Crippen molar-refractivity contribution in [2.24, 2.45) is 0 Å². The van der Waals surface area contributed by atoms with Gasteiger partial charge in [-0.15, -0.1) is 0 Å². The lowest BCUT2D eigenvalue weighted by Gasteiger charge is -2.09. The first-order valence-electron chi connectivity index (χ1n) is 6.71. The van der Waals surface area contributed by atoms with E-state index >= 15 is 0 Å². The van der Waals surface area contributed by atoms with Crippen LogP contribution in [0.1, 0.15) is 12.0 Å². The number of benzene rings is 2. The van der Waals surface area contributed by atoms with Crippen LogP contribution in [0.2, 0.25) is 0 Å². The van der Waals surface area contributed by atoms with Crippen LogP contribution < -0.4 is 10.6 Å². The van der Waals surface area contributed by atoms with Crippen molar-refractivity contribution in [3.63, 3.8) is 0 Å². The van der Waals surface area contributed by atoms with Gasteiger partial charge < -0.3 is 10.6 Å². The second-order valence-electron chi connectivity index (χ2n) is 4.67. The molecule has 0 aromatic heterocycles. The zero-order chi connectivity index (χ0) is 16.0. The van der Waals surface area contributed by atoms with Crippen LogP contribution in [0.5, 0.6) is 0 Å². The number of anilines is 2. The molecule has 0 unspecified atom stereocenters. The third-order valence-corrected chi connectivity index (χ3v) is 2.95. The lowest BCUT2D eigenvalue weighted by atomic mass is 10.2. The standard InChI is InChI=1S/C16H15F3N2O/c17-16(18,19)12-6-8-14(9-7-12)21-15(22)10-11-20-13-4-2-1-3-5-13/h1-9,20H,10-11H2,(H,21,22). The van der Waals surface area contributed by atoms with Gasteiger partial charge >= 0.3 is 6.18 Å². The van der Waals surface area contributed by atoms with Gasteiger partial charge in [0.2, 0.25) is 5.91 Å². The number of hydrogen-bond acceptors (Lipinski definition) is 2. The highest BCUT2D eigenvalue weighted by molar-refractivity contribution is 5.91. The minimum Gasteiger partial charge on any atom is -0.385 e. The molecule has 1 amide bonds. The zero-order valence-electron chi connectivity index (χ0n) is 11.7. The summed E-state index contributed by atoms with van der Waals surface area (Å²) in [6, 6.07) is 13.8. The first-order chi connectivity index (χ1) is 10.4. The Bertz CT molecular complexity index is 610. The number of carbonyl (C=O) groups is 1. The Morgan fingerprint density at radius 1 is 0.909 bits per heavy atom. The van der Waals surface area contributed by atoms with E-state index in [1.54, 1.807) is 0 Å². The summed E-state index contributed by atoms with van der Waals surface area (Å²) < 4.78 is 37.2. The summed E-state index contributed by atoms with van der Waals surface area (Å²) in [6.45, 7) is 0.441. The van der Waals surface area contributed by atoms with Gasteiger partial charge in [-0.2, -0.15) is 13.2 Å². The number of nitrogens with one attached hydrogen (secondary N) is 2. The minimum atomic E-state index is -4.37. The summed E-state index contributed by atoms with van der Waals surface area (Å²) in [5, 5.41) is 5.64. The zero-order valence-corrected chi connectivity index (χ0v) is 11.7. The number of halogens is 3. The monoisotopic (exact) mass is 308 g/mol. The molecule has 0 heterocycles. The highest BCUT2D eigenvalue weighted by Gasteiger charge is 2.29. The van der Waals surface area contributed by atoms with E-state index in [0.29, 0.717) is 12.2 Å². The quantitative estimate of drug-likeness (QED) is 0.871. The molecule has 0 radical (unpaired) electrons. The number of hydrogen-bond donors (Lipinski definition) is 2. The molecule has 0 fully saturated rings. The fraction of sp³-hybridized carbons (Fsp3) is 0.188. The summed E-state index contributed by atoms with van der Waals surface area (Å²) in [7, 11) is 0. The van der Waals surface area contributed by atoms with E-state index in [2.05, 4.69) is 10.6 Å². The van der Waals surface area contributed by atoms with E-state index in [0.717, 1.165) is 17.8 Å². The molecule has 0 aliphatic rings. The van der Waals surface area contributed by atoms with E-state index in [1.807, 2.05) is 30.3 Å². The molecule has 2 aromatic rings. The Hall–Kier alpha value is -2.50. The predicted molar refractivity (Wildman–Crippen MR) is 79.6 cm³/mol. The van der Waals surface area contributed by atoms with E-state index in [9.17, 15) is 18.0 Å². The van der Waals surface area contributed by atoms with Gasteiger partial charge in [-0.1, -0.05) is 18.2 Å². The minimum absolute atomic E-state index is 0.218. The SMILES string of the molecule is O=C(CCNc1ccccc1)Nc1ccc(C(F)(F)F)cc1. The molecule has 0 spiro atoms. The molecule has 2 rings (SSSR count). The maximum atomic E-state index is 12.4. The predicted octanol–water partition coefficient (Wildman–Crippen LogP) is 4.15. The second-order valence-corrected chi connectivity index (χ2v) is 4.67. The van der Waals surface area contributed by atoms with Crippen LogP contribution >= 0.6 is 0 Å². The van der Waals surface area contributed by atoms with Gasteiger partial charge in [0.1, 0.15) is 0 Å². The van der Waals surface area contributed by atoms with Gasteiger partial charge in [0, 0.05) is 24.3 Å². The van der Waals surface area contributed by atoms with Crippen molar-refractivity contribution in [3.05, 3.63) is 60.2 Å². The maximum Gasteiger partial charge on any atom is 0.416 e. The van der Waals surface area contributed by atoms with Gasteiger partial charge in [-0.25, -0.2) is 0 Å². The van der Waals surface area contributed by atoms with Gasteiger partial charge in [-0.3, -0.25) is 4.79 Å². The Morgan fingerprint density at radius 3 is 2.14 bits per heavy atom. The second kappa shape index (κ2) is 6.98. The summed E-state index contributed by atoms with van der Waals surface area (Å²) >= 11 is 0. The van der Waals surface area contributed by atoms with Crippen molar-refractivity contribution in [2.45, 2.75) is 12.6 Å². The van der Waals surface area contributed by atoms with Gasteiger partial charge in [-0.05, 0) is 36.4 Å². The molecule has 0 atom stereocenters. The third-order valence-electron chi connectivity index (χ3n) is 2.95. The molecule has 6 heteroatoms. The average Bonchev–Trinajstić information content (AvgIpc) is 2.48. The molecular weight excluding hydrogens is 293 g/mol. The Morgan fingerprint density at radius 2 is 1.55 bits per heavy atom. The topological polar surface area (TPSA) is 41.1 Å². The molecule has 2 N–H and O–H groups in total. The van der Waals surface area contributed by atoms with Crippen LogP contribution in [0.4, 0.5) is 24.5 Å². The van der Waals surface area contributed by atoms with Crippen LogP contribution in [-0.2, 0) is 11.0 Å². The highest BCUT2D eigenvalue weighted by atomic mass is 19.4. The lowest BCUT2D eigenvalue weighted by molar-refractivity contribution is -0.137. The van der Waals surface area contributed by atoms with Crippen LogP contribution in [0.3, 0.4) is 0 Å². The molecular formula is C16H15F3N2O. The largest absolute Gasteiger partial charge is 0.416 e. The van der Waals surface area contributed by atoms with Crippen LogP contribution in [0.15, 0.2) is 54.6 Å². The summed E-state index contributed by atoms with van der Waals surface area (Å²) in [5.41, 5.74) is 0.513. The molecule has 0 aliphatic heterocycles. The van der Waals surface area contributed by atoms with E-state index < -0.39 is 11.7 Å². The van der Waals surface area contributed by atoms with Gasteiger partial charge in [0.15, 0.2) is 0 Å². The van der Waals surface area contributed by atoms with Crippen molar-refractivity contribution in [1.29, 1.82) is 0 Å². The number of para-hydroxylation sites is 1. The van der Waals surface area contributed by atoms with Crippen LogP contribution in [-0.4, -0.2) is 12.5 Å². The summed E-state index contributed by atoms with van der Waals surface area (Å²) in [5.74, 6) is -0.261. The Balaban J connectivity index is 1.79. The first kappa shape index (κ1) is 15.9. The molecule has 0 saturated carbocycles. The van der Waals surface area contributed by atoms with Crippen molar-refractivity contribution in [3.8, 4) is 0 Å². The number of rotatable bonds is 5. The van der Waals surface area contributed by atoms with Crippen LogP contribution in [0.25, 0.3) is 0 Å². The lowest BCUT2D eigenvalue weighted by Crippen LogP contribution is -2.16. The molecule has 0 saturated heterocycles. The molecule has 116 valence electrons. The fourth-order valence-electron chi connectivity index (χ4n) is 1.84. The van der Waals surface area contributed by atoms with Crippen LogP contribution in [0, 0.1) is 0 Å². The number of carbonyl (C=O) groups excluding carboxylic acids is 1. The van der Waals surface area contributed by atoms with Crippen molar-refractivity contribution < 1.29 is 18.0 Å². The Kier molecular flexibility index (Phi) is 5.04. The highest BCUT2D eigenvalue weighted by Crippen LogP contribution is 2.29. The van der Waals surface area contributed by atoms with Crippen molar-refractivity contribution >= 4 is 17.3 Å². The molecule has 22 heavy (non-hydrogen) atoms. The third kappa shape index (κ3) is 4.80. The fourth-order valence-corrected chi connectivity index (χ4v) is 1.84. The van der Waals surface area contributed by atoms with E-state index in [1.165, 1.54) is 12.1 Å². The average molecular weight is 308 g/mol. The molecule has 3 nitrogen and oxygen atoms in total. The molecule has 0 bridgehead atoms. The van der Waals surface area contributed by atoms with E-state index in [4.69, 9.17) is 0 Å². The van der Waals surface area contributed by atoms with Gasteiger partial charge in [0.05, 0.1) is 5.56 Å². The Labute approximate surface area is 126 Å². The molecule has 2 aromatic carbocycles. The van der Waals surface area contributed by atoms with Gasteiger partial charge in [0.25, 0.3) is 0 Å². The number of alkyl halides is 3. The smallest absolute Gasteiger partial charge is 0.385 e. The summed E-state index contributed by atoms with van der Waals surface area (Å²) in [4.78, 5) is 11.7. The van der Waals surface area contributed by atoms with E-state index in [-0.39, 0.29) is 12.3 Å². The first-order valence-corrected chi connectivity index (χ1v) is 6.71. The van der Waals surface area contributed by atoms with Crippen molar-refractivity contribution in [2.75, 3.05) is 17.2 Å². The normalized spacial score (nSPS) is 11.0. The summed E-state index contributed by atoms with van der Waals surface area (Å²) in [6.07, 6.45) is -4.15.